The van der Waals surface area contributed by atoms with Crippen LogP contribution in [0.15, 0.2) is 40.9 Å². The molecule has 0 unspecified atom stereocenters. The third kappa shape index (κ3) is 3.28. The number of carbonyl (C=O) groups is 1. The van der Waals surface area contributed by atoms with Crippen LogP contribution in [0.1, 0.15) is 15.9 Å². The Morgan fingerprint density at radius 2 is 2.00 bits per heavy atom. The van der Waals surface area contributed by atoms with Crippen LogP contribution in [0.25, 0.3) is 0 Å². The smallest absolute Gasteiger partial charge is 0.257 e. The van der Waals surface area contributed by atoms with Gasteiger partial charge in [-0.1, -0.05) is 33.6 Å². The lowest BCUT2D eigenvalue weighted by Crippen LogP contribution is -2.14. The molecule has 19 heavy (non-hydrogen) atoms. The van der Waals surface area contributed by atoms with Gasteiger partial charge in [0.15, 0.2) is 0 Å². The number of carbonyl (C=O) groups excluding carboxylic acids is 1. The minimum Gasteiger partial charge on any atom is -0.398 e. The highest BCUT2D eigenvalue weighted by Gasteiger charge is 2.11. The Hall–Kier alpha value is -1.52. The number of halogens is 2. The normalized spacial score (nSPS) is 10.3. The standard InChI is InChI=1S/C14H12BrClN2O/c1-8-2-4-10(12(17)6-8)14(19)18-13-5-3-9(15)7-11(13)16/h2-7H,17H2,1H3,(H,18,19). The lowest BCUT2D eigenvalue weighted by atomic mass is 10.1. The Bertz CT molecular complexity index is 643. The molecule has 0 aromatic heterocycles. The van der Waals surface area contributed by atoms with Crippen LogP contribution in [0.5, 0.6) is 0 Å². The van der Waals surface area contributed by atoms with Crippen molar-refractivity contribution in [2.24, 2.45) is 0 Å². The van der Waals surface area contributed by atoms with Crippen LogP contribution < -0.4 is 11.1 Å². The van der Waals surface area contributed by atoms with Gasteiger partial charge in [-0.05, 0) is 42.8 Å². The Morgan fingerprint density at radius 1 is 1.26 bits per heavy atom. The fourth-order valence-corrected chi connectivity index (χ4v) is 2.39. The summed E-state index contributed by atoms with van der Waals surface area (Å²) in [5, 5.41) is 3.21. The van der Waals surface area contributed by atoms with Crippen molar-refractivity contribution in [3.8, 4) is 0 Å². The van der Waals surface area contributed by atoms with Crippen molar-refractivity contribution in [2.75, 3.05) is 11.1 Å². The molecule has 0 aliphatic carbocycles. The number of hydrogen-bond acceptors (Lipinski definition) is 2. The van der Waals surface area contributed by atoms with Gasteiger partial charge >= 0.3 is 0 Å². The highest BCUT2D eigenvalue weighted by atomic mass is 79.9. The summed E-state index contributed by atoms with van der Waals surface area (Å²) < 4.78 is 0.852. The largest absolute Gasteiger partial charge is 0.398 e. The van der Waals surface area contributed by atoms with Crippen molar-refractivity contribution in [2.45, 2.75) is 6.92 Å². The maximum Gasteiger partial charge on any atom is 0.257 e. The van der Waals surface area contributed by atoms with E-state index in [2.05, 4.69) is 21.2 Å². The van der Waals surface area contributed by atoms with E-state index >= 15 is 0 Å². The maximum absolute atomic E-state index is 12.1. The van der Waals surface area contributed by atoms with E-state index < -0.39 is 0 Å². The van der Waals surface area contributed by atoms with Crippen LogP contribution in [0.3, 0.4) is 0 Å². The number of aryl methyl sites for hydroxylation is 1. The summed E-state index contributed by atoms with van der Waals surface area (Å²) in [6.45, 7) is 1.92. The minimum absolute atomic E-state index is 0.276. The minimum atomic E-state index is -0.276. The molecule has 3 N–H and O–H groups in total. The van der Waals surface area contributed by atoms with Gasteiger partial charge in [0.1, 0.15) is 0 Å². The molecule has 0 saturated heterocycles. The molecule has 0 saturated carbocycles. The first-order chi connectivity index (χ1) is 8.97. The fraction of sp³-hybridized carbons (Fsp3) is 0.0714. The second-order valence-corrected chi connectivity index (χ2v) is 5.49. The summed E-state index contributed by atoms with van der Waals surface area (Å²) in [5.74, 6) is -0.276. The lowest BCUT2D eigenvalue weighted by molar-refractivity contribution is 0.102. The third-order valence-electron chi connectivity index (χ3n) is 2.63. The molecule has 2 aromatic carbocycles. The maximum atomic E-state index is 12.1. The van der Waals surface area contributed by atoms with Crippen LogP contribution in [-0.2, 0) is 0 Å². The van der Waals surface area contributed by atoms with Gasteiger partial charge in [0, 0.05) is 10.2 Å². The molecule has 0 spiro atoms. The second-order valence-electron chi connectivity index (χ2n) is 4.17. The summed E-state index contributed by atoms with van der Waals surface area (Å²) >= 11 is 9.36. The Labute approximate surface area is 124 Å². The number of amides is 1. The Morgan fingerprint density at radius 3 is 2.63 bits per heavy atom. The molecule has 3 nitrogen and oxygen atoms in total. The molecule has 0 aliphatic heterocycles. The van der Waals surface area contributed by atoms with Crippen LogP contribution in [0.2, 0.25) is 5.02 Å². The van der Waals surface area contributed by atoms with Gasteiger partial charge in [-0.25, -0.2) is 0 Å². The molecule has 0 bridgehead atoms. The zero-order chi connectivity index (χ0) is 14.0. The van der Waals surface area contributed by atoms with E-state index in [-0.39, 0.29) is 5.91 Å². The van der Waals surface area contributed by atoms with Crippen molar-refractivity contribution in [1.82, 2.24) is 0 Å². The molecule has 2 aromatic rings. The van der Waals surface area contributed by atoms with Gasteiger partial charge in [-0.3, -0.25) is 4.79 Å². The van der Waals surface area contributed by atoms with Gasteiger partial charge in [-0.2, -0.15) is 0 Å². The van der Waals surface area contributed by atoms with E-state index in [1.807, 2.05) is 13.0 Å². The Kier molecular flexibility index (Phi) is 4.12. The molecule has 1 amide bonds. The highest BCUT2D eigenvalue weighted by Crippen LogP contribution is 2.26. The zero-order valence-electron chi connectivity index (χ0n) is 10.2. The Balaban J connectivity index is 2.25. The molecular formula is C14H12BrClN2O. The number of hydrogen-bond donors (Lipinski definition) is 2. The molecule has 0 aliphatic rings. The second kappa shape index (κ2) is 5.63. The van der Waals surface area contributed by atoms with Gasteiger partial charge < -0.3 is 11.1 Å². The van der Waals surface area contributed by atoms with Crippen molar-refractivity contribution in [3.05, 3.63) is 57.0 Å². The monoisotopic (exact) mass is 338 g/mol. The predicted octanol–water partition coefficient (Wildman–Crippen LogP) is 4.25. The van der Waals surface area contributed by atoms with Crippen LogP contribution in [-0.4, -0.2) is 5.91 Å². The molecule has 0 atom stereocenters. The van der Waals surface area contributed by atoms with Crippen molar-refractivity contribution in [3.63, 3.8) is 0 Å². The molecular weight excluding hydrogens is 328 g/mol. The number of nitrogens with one attached hydrogen (secondary N) is 1. The van der Waals surface area contributed by atoms with Gasteiger partial charge in [0.2, 0.25) is 0 Å². The van der Waals surface area contributed by atoms with Gasteiger partial charge in [0.25, 0.3) is 5.91 Å². The van der Waals surface area contributed by atoms with E-state index in [1.165, 1.54) is 0 Å². The van der Waals surface area contributed by atoms with Crippen LogP contribution >= 0.6 is 27.5 Å². The molecule has 0 heterocycles. The van der Waals surface area contributed by atoms with E-state index in [1.54, 1.807) is 30.3 Å². The van der Waals surface area contributed by atoms with E-state index in [0.717, 1.165) is 10.0 Å². The first kappa shape index (κ1) is 13.9. The quantitative estimate of drug-likeness (QED) is 0.804. The molecule has 0 fully saturated rings. The number of nitrogens with two attached hydrogens (primary N) is 1. The molecule has 2 rings (SSSR count). The van der Waals surface area contributed by atoms with E-state index in [4.69, 9.17) is 17.3 Å². The summed E-state index contributed by atoms with van der Waals surface area (Å²) in [4.78, 5) is 12.1. The lowest BCUT2D eigenvalue weighted by Gasteiger charge is -2.09. The van der Waals surface area contributed by atoms with Crippen molar-refractivity contribution >= 4 is 44.8 Å². The average molecular weight is 340 g/mol. The molecule has 5 heteroatoms. The zero-order valence-corrected chi connectivity index (χ0v) is 12.5. The van der Waals surface area contributed by atoms with Crippen molar-refractivity contribution < 1.29 is 4.79 Å². The predicted molar refractivity (Wildman–Crippen MR) is 82.7 cm³/mol. The van der Waals surface area contributed by atoms with Crippen LogP contribution in [0.4, 0.5) is 11.4 Å². The molecule has 98 valence electrons. The van der Waals surface area contributed by atoms with Gasteiger partial charge in [0.05, 0.1) is 16.3 Å². The van der Waals surface area contributed by atoms with E-state index in [0.29, 0.717) is 22.0 Å². The number of anilines is 2. The number of benzene rings is 2. The number of rotatable bonds is 2. The average Bonchev–Trinajstić information content (AvgIpc) is 2.32. The van der Waals surface area contributed by atoms with E-state index in [9.17, 15) is 4.79 Å². The first-order valence-corrected chi connectivity index (χ1v) is 6.77. The number of nitrogen functional groups attached to an aromatic ring is 1. The summed E-state index contributed by atoms with van der Waals surface area (Å²) in [7, 11) is 0. The van der Waals surface area contributed by atoms with Crippen molar-refractivity contribution in [1.29, 1.82) is 0 Å². The highest BCUT2D eigenvalue weighted by molar-refractivity contribution is 9.10. The molecule has 0 radical (unpaired) electrons. The summed E-state index contributed by atoms with van der Waals surface area (Å²) in [6, 6.07) is 10.6. The SMILES string of the molecule is Cc1ccc(C(=O)Nc2ccc(Br)cc2Cl)c(N)c1. The van der Waals surface area contributed by atoms with Crippen LogP contribution in [0, 0.1) is 6.92 Å². The summed E-state index contributed by atoms with van der Waals surface area (Å²) in [5.41, 5.74) is 8.28. The first-order valence-electron chi connectivity index (χ1n) is 5.60. The topological polar surface area (TPSA) is 55.1 Å². The third-order valence-corrected chi connectivity index (χ3v) is 3.44. The summed E-state index contributed by atoms with van der Waals surface area (Å²) in [6.07, 6.45) is 0. The van der Waals surface area contributed by atoms with Gasteiger partial charge in [-0.15, -0.1) is 0 Å². The fourth-order valence-electron chi connectivity index (χ4n) is 1.67.